The van der Waals surface area contributed by atoms with Crippen LogP contribution in [-0.4, -0.2) is 5.78 Å². The molecule has 0 fully saturated rings. The molecule has 0 saturated carbocycles. The lowest BCUT2D eigenvalue weighted by molar-refractivity contribution is 0.104. The van der Waals surface area contributed by atoms with Crippen LogP contribution in [0.1, 0.15) is 24.2 Å². The van der Waals surface area contributed by atoms with E-state index in [9.17, 15) is 18.0 Å². The summed E-state index contributed by atoms with van der Waals surface area (Å²) in [6, 6.07) is 0.924. The van der Waals surface area contributed by atoms with E-state index in [0.717, 1.165) is 6.08 Å². The third kappa shape index (κ3) is 2.68. The third-order valence-electron chi connectivity index (χ3n) is 1.70. The summed E-state index contributed by atoms with van der Waals surface area (Å²) < 4.78 is 38.4. The summed E-state index contributed by atoms with van der Waals surface area (Å²) >= 11 is 0. The number of rotatable bonds is 2. The van der Waals surface area contributed by atoms with Crippen LogP contribution in [0, 0.1) is 17.5 Å². The molecule has 0 heterocycles. The van der Waals surface area contributed by atoms with E-state index in [1.165, 1.54) is 0 Å². The van der Waals surface area contributed by atoms with Gasteiger partial charge in [-0.1, -0.05) is 5.57 Å². The summed E-state index contributed by atoms with van der Waals surface area (Å²) in [7, 11) is 0. The fourth-order valence-corrected chi connectivity index (χ4v) is 1.05. The van der Waals surface area contributed by atoms with E-state index < -0.39 is 28.8 Å². The number of carbonyl (C=O) groups excluding carboxylic acids is 1. The van der Waals surface area contributed by atoms with Gasteiger partial charge in [0.15, 0.2) is 17.4 Å². The van der Waals surface area contributed by atoms with Crippen LogP contribution in [0.5, 0.6) is 0 Å². The maximum Gasteiger partial charge on any atom is 0.188 e. The molecule has 15 heavy (non-hydrogen) atoms. The lowest BCUT2D eigenvalue weighted by Gasteiger charge is -2.00. The summed E-state index contributed by atoms with van der Waals surface area (Å²) in [5, 5.41) is 0. The van der Waals surface area contributed by atoms with Crippen molar-refractivity contribution in [1.29, 1.82) is 0 Å². The van der Waals surface area contributed by atoms with Gasteiger partial charge in [-0.15, -0.1) is 0 Å². The molecule has 0 N–H and O–H groups in total. The van der Waals surface area contributed by atoms with Crippen LogP contribution in [0.2, 0.25) is 0 Å². The van der Waals surface area contributed by atoms with Gasteiger partial charge in [0.2, 0.25) is 0 Å². The highest BCUT2D eigenvalue weighted by Crippen LogP contribution is 2.15. The van der Waals surface area contributed by atoms with Crippen molar-refractivity contribution in [3.05, 3.63) is 46.8 Å². The Hall–Kier alpha value is -1.58. The quantitative estimate of drug-likeness (QED) is 0.419. The Bertz CT molecular complexity index is 432. The molecular formula is C11H9F3O. The second-order valence-electron chi connectivity index (χ2n) is 3.33. The molecule has 0 bridgehead atoms. The van der Waals surface area contributed by atoms with Crippen molar-refractivity contribution >= 4 is 5.78 Å². The molecule has 0 amide bonds. The summed E-state index contributed by atoms with van der Waals surface area (Å²) in [6.45, 7) is 3.30. The van der Waals surface area contributed by atoms with Crippen molar-refractivity contribution in [2.45, 2.75) is 13.8 Å². The van der Waals surface area contributed by atoms with Crippen LogP contribution in [0.3, 0.4) is 0 Å². The van der Waals surface area contributed by atoms with E-state index in [1.807, 2.05) is 0 Å². The highest BCUT2D eigenvalue weighted by atomic mass is 19.2. The van der Waals surface area contributed by atoms with Crippen molar-refractivity contribution in [1.82, 2.24) is 0 Å². The molecule has 1 aromatic rings. The van der Waals surface area contributed by atoms with Gasteiger partial charge in [-0.3, -0.25) is 4.79 Å². The van der Waals surface area contributed by atoms with Crippen molar-refractivity contribution in [2.24, 2.45) is 0 Å². The minimum atomic E-state index is -1.30. The van der Waals surface area contributed by atoms with Gasteiger partial charge in [0.25, 0.3) is 0 Å². The highest BCUT2D eigenvalue weighted by Gasteiger charge is 2.14. The lowest BCUT2D eigenvalue weighted by Crippen LogP contribution is -2.02. The number of allylic oxidation sites excluding steroid dienone is 2. The largest absolute Gasteiger partial charge is 0.289 e. The van der Waals surface area contributed by atoms with Gasteiger partial charge in [-0.05, 0) is 26.0 Å². The molecule has 0 atom stereocenters. The van der Waals surface area contributed by atoms with E-state index in [0.29, 0.717) is 17.7 Å². The summed E-state index contributed by atoms with van der Waals surface area (Å²) in [6.07, 6.45) is 1.16. The number of hydrogen-bond donors (Lipinski definition) is 0. The maximum absolute atomic E-state index is 13.1. The van der Waals surface area contributed by atoms with Gasteiger partial charge in [0.05, 0.1) is 5.56 Å². The van der Waals surface area contributed by atoms with E-state index in [4.69, 9.17) is 0 Å². The number of ketones is 1. The number of halogens is 3. The van der Waals surface area contributed by atoms with Gasteiger partial charge < -0.3 is 0 Å². The number of benzene rings is 1. The first-order valence-corrected chi connectivity index (χ1v) is 4.25. The predicted octanol–water partition coefficient (Wildman–Crippen LogP) is 3.25. The third-order valence-corrected chi connectivity index (χ3v) is 1.70. The Morgan fingerprint density at radius 1 is 1.07 bits per heavy atom. The second-order valence-corrected chi connectivity index (χ2v) is 3.33. The Labute approximate surface area is 85.2 Å². The molecule has 1 rings (SSSR count). The monoisotopic (exact) mass is 214 g/mol. The first-order valence-electron chi connectivity index (χ1n) is 4.25. The minimum Gasteiger partial charge on any atom is -0.289 e. The van der Waals surface area contributed by atoms with Crippen LogP contribution in [-0.2, 0) is 0 Å². The fraction of sp³-hybridized carbons (Fsp3) is 0.182. The molecule has 0 radical (unpaired) electrons. The lowest BCUT2D eigenvalue weighted by atomic mass is 10.1. The Kier molecular flexibility index (Phi) is 3.29. The zero-order chi connectivity index (χ0) is 11.6. The van der Waals surface area contributed by atoms with Gasteiger partial charge >= 0.3 is 0 Å². The van der Waals surface area contributed by atoms with Crippen LogP contribution < -0.4 is 0 Å². The first-order chi connectivity index (χ1) is 6.91. The number of hydrogen-bond acceptors (Lipinski definition) is 1. The Balaban J connectivity index is 3.21. The topological polar surface area (TPSA) is 17.1 Å². The molecule has 4 heteroatoms. The van der Waals surface area contributed by atoms with Crippen molar-refractivity contribution < 1.29 is 18.0 Å². The van der Waals surface area contributed by atoms with E-state index >= 15 is 0 Å². The molecule has 0 aliphatic carbocycles. The summed E-state index contributed by atoms with van der Waals surface area (Å²) in [5.41, 5.74) is 0.194. The zero-order valence-corrected chi connectivity index (χ0v) is 8.27. The van der Waals surface area contributed by atoms with E-state index in [2.05, 4.69) is 0 Å². The second kappa shape index (κ2) is 4.29. The molecule has 1 nitrogen and oxygen atoms in total. The van der Waals surface area contributed by atoms with Crippen LogP contribution in [0.25, 0.3) is 0 Å². The van der Waals surface area contributed by atoms with Crippen LogP contribution >= 0.6 is 0 Å². The van der Waals surface area contributed by atoms with Crippen molar-refractivity contribution in [3.63, 3.8) is 0 Å². The molecule has 0 aliphatic rings. The zero-order valence-electron chi connectivity index (χ0n) is 8.27. The summed E-state index contributed by atoms with van der Waals surface area (Å²) in [4.78, 5) is 11.3. The molecule has 0 unspecified atom stereocenters. The van der Waals surface area contributed by atoms with Crippen LogP contribution in [0.4, 0.5) is 13.2 Å². The van der Waals surface area contributed by atoms with E-state index in [1.54, 1.807) is 13.8 Å². The molecule has 0 spiro atoms. The molecule has 80 valence electrons. The van der Waals surface area contributed by atoms with E-state index in [-0.39, 0.29) is 0 Å². The normalized spacial score (nSPS) is 9.93. The standard InChI is InChI=1S/C11H9F3O/c1-6(2)3-11(15)7-4-9(13)10(14)5-8(7)12/h3-5H,1-2H3. The predicted molar refractivity (Wildman–Crippen MR) is 50.1 cm³/mol. The molecule has 0 saturated heterocycles. The average Bonchev–Trinajstić information content (AvgIpc) is 2.09. The highest BCUT2D eigenvalue weighted by molar-refractivity contribution is 6.05. The fourth-order valence-electron chi connectivity index (χ4n) is 1.05. The van der Waals surface area contributed by atoms with Gasteiger partial charge in [-0.25, -0.2) is 13.2 Å². The van der Waals surface area contributed by atoms with Crippen molar-refractivity contribution in [3.8, 4) is 0 Å². The Morgan fingerprint density at radius 3 is 2.13 bits per heavy atom. The SMILES string of the molecule is CC(C)=CC(=O)c1cc(F)c(F)cc1F. The van der Waals surface area contributed by atoms with Crippen molar-refractivity contribution in [2.75, 3.05) is 0 Å². The molecule has 0 aliphatic heterocycles. The number of carbonyl (C=O) groups is 1. The maximum atomic E-state index is 13.1. The molecular weight excluding hydrogens is 205 g/mol. The Morgan fingerprint density at radius 2 is 1.60 bits per heavy atom. The first kappa shape index (κ1) is 11.5. The average molecular weight is 214 g/mol. The smallest absolute Gasteiger partial charge is 0.188 e. The molecule has 1 aromatic carbocycles. The minimum absolute atomic E-state index is 0.362. The molecule has 0 aromatic heterocycles. The van der Waals surface area contributed by atoms with Gasteiger partial charge in [0, 0.05) is 6.07 Å². The summed E-state index contributed by atoms with van der Waals surface area (Å²) in [5.74, 6) is -4.27. The van der Waals surface area contributed by atoms with Gasteiger partial charge in [-0.2, -0.15) is 0 Å². The van der Waals surface area contributed by atoms with Crippen LogP contribution in [0.15, 0.2) is 23.8 Å². The van der Waals surface area contributed by atoms with Gasteiger partial charge in [0.1, 0.15) is 5.82 Å².